The maximum atomic E-state index is 9.95. The van der Waals surface area contributed by atoms with Crippen molar-refractivity contribution < 1.29 is 5.11 Å². The molecule has 84 valence electrons. The topological polar surface area (TPSA) is 35.5 Å². The van der Waals surface area contributed by atoms with Crippen molar-refractivity contribution in [3.8, 4) is 0 Å². The van der Waals surface area contributed by atoms with Crippen LogP contribution in [0.4, 0.5) is 5.69 Å². The fraction of sp³-hybridized carbons (Fsp3) is 0.333. The van der Waals surface area contributed by atoms with Gasteiger partial charge in [-0.1, -0.05) is 24.3 Å². The lowest BCUT2D eigenvalue weighted by Crippen LogP contribution is -2.49. The average molecular weight is 234 g/mol. The molecular formula is C12H14N2OS. The third kappa shape index (κ3) is 1.73. The lowest BCUT2D eigenvalue weighted by Gasteiger charge is -2.34. The smallest absolute Gasteiger partial charge is 0.111 e. The van der Waals surface area contributed by atoms with E-state index in [9.17, 15) is 5.11 Å². The highest BCUT2D eigenvalue weighted by atomic mass is 32.2. The first-order chi connectivity index (χ1) is 7.84. The van der Waals surface area contributed by atoms with Gasteiger partial charge in [0.2, 0.25) is 0 Å². The number of rotatable bonds is 0. The number of benzene rings is 1. The van der Waals surface area contributed by atoms with Crippen LogP contribution in [-0.2, 0) is 0 Å². The first kappa shape index (κ1) is 10.2. The minimum atomic E-state index is -0.430. The summed E-state index contributed by atoms with van der Waals surface area (Å²) in [6.45, 7) is 0.899. The molecule has 16 heavy (non-hydrogen) atoms. The van der Waals surface area contributed by atoms with Crippen molar-refractivity contribution in [2.45, 2.75) is 17.2 Å². The molecule has 0 amide bonds. The Morgan fingerprint density at radius 3 is 3.19 bits per heavy atom. The van der Waals surface area contributed by atoms with Crippen LogP contribution in [0, 0.1) is 0 Å². The van der Waals surface area contributed by atoms with Crippen LogP contribution in [0.2, 0.25) is 0 Å². The minimum Gasteiger partial charge on any atom is -0.385 e. The van der Waals surface area contributed by atoms with Crippen LogP contribution in [-0.4, -0.2) is 34.7 Å². The second kappa shape index (κ2) is 4.13. The molecule has 3 rings (SSSR count). The van der Waals surface area contributed by atoms with E-state index < -0.39 is 6.10 Å². The monoisotopic (exact) mass is 234 g/mol. The molecule has 3 nitrogen and oxygen atoms in total. The quantitative estimate of drug-likeness (QED) is 0.670. The van der Waals surface area contributed by atoms with Crippen molar-refractivity contribution in [1.82, 2.24) is 4.90 Å². The number of anilines is 1. The number of nitrogens with zero attached hydrogens (tertiary/aromatic N) is 1. The number of hydrogen-bond donors (Lipinski definition) is 2. The predicted molar refractivity (Wildman–Crippen MR) is 66.4 cm³/mol. The van der Waals surface area contributed by atoms with Gasteiger partial charge in [-0.2, -0.15) is 0 Å². The molecule has 2 aliphatic heterocycles. The lowest BCUT2D eigenvalue weighted by molar-refractivity contribution is 0.106. The molecule has 0 spiro atoms. The molecule has 2 aliphatic rings. The van der Waals surface area contributed by atoms with Crippen molar-refractivity contribution in [2.75, 3.05) is 17.7 Å². The van der Waals surface area contributed by atoms with Crippen molar-refractivity contribution in [3.63, 3.8) is 0 Å². The average Bonchev–Trinajstić information content (AvgIpc) is 2.50. The van der Waals surface area contributed by atoms with Crippen molar-refractivity contribution in [3.05, 3.63) is 36.4 Å². The van der Waals surface area contributed by atoms with Crippen molar-refractivity contribution >= 4 is 17.4 Å². The Morgan fingerprint density at radius 2 is 2.25 bits per heavy atom. The van der Waals surface area contributed by atoms with Crippen LogP contribution in [0.15, 0.2) is 41.3 Å². The summed E-state index contributed by atoms with van der Waals surface area (Å²) >= 11 is 1.82. The van der Waals surface area contributed by atoms with E-state index in [4.69, 9.17) is 0 Å². The maximum absolute atomic E-state index is 9.95. The highest BCUT2D eigenvalue weighted by Gasteiger charge is 2.29. The minimum absolute atomic E-state index is 0.00106. The Bertz CT molecular complexity index is 421. The van der Waals surface area contributed by atoms with Crippen molar-refractivity contribution in [2.24, 2.45) is 0 Å². The van der Waals surface area contributed by atoms with Gasteiger partial charge in [-0.25, -0.2) is 0 Å². The number of nitrogens with one attached hydrogen (secondary N) is 1. The number of hydrogen-bond acceptors (Lipinski definition) is 4. The van der Waals surface area contributed by atoms with Gasteiger partial charge < -0.3 is 10.4 Å². The highest BCUT2D eigenvalue weighted by molar-refractivity contribution is 7.99. The van der Waals surface area contributed by atoms with Gasteiger partial charge in [0.15, 0.2) is 0 Å². The third-order valence-electron chi connectivity index (χ3n) is 2.97. The highest BCUT2D eigenvalue weighted by Crippen LogP contribution is 2.33. The number of aliphatic hydroxyl groups is 1. The number of para-hydroxylation sites is 1. The molecule has 0 aliphatic carbocycles. The first-order valence-corrected chi connectivity index (χ1v) is 6.40. The van der Waals surface area contributed by atoms with E-state index in [1.807, 2.05) is 36.0 Å². The van der Waals surface area contributed by atoms with E-state index >= 15 is 0 Å². The van der Waals surface area contributed by atoms with E-state index in [1.165, 1.54) is 4.90 Å². The van der Waals surface area contributed by atoms with Crippen LogP contribution in [0.5, 0.6) is 0 Å². The maximum Gasteiger partial charge on any atom is 0.111 e. The number of fused-ring (bicyclic) bond motifs is 2. The summed E-state index contributed by atoms with van der Waals surface area (Å²) in [6.07, 6.45) is 3.47. The molecule has 1 unspecified atom stereocenters. The van der Waals surface area contributed by atoms with Crippen molar-refractivity contribution in [1.29, 1.82) is 0 Å². The van der Waals surface area contributed by atoms with Gasteiger partial charge >= 0.3 is 0 Å². The molecule has 2 atom stereocenters. The molecule has 0 saturated heterocycles. The third-order valence-corrected chi connectivity index (χ3v) is 4.09. The van der Waals surface area contributed by atoms with Crippen LogP contribution in [0.1, 0.15) is 0 Å². The van der Waals surface area contributed by atoms with Gasteiger partial charge in [0.05, 0.1) is 5.88 Å². The molecule has 0 radical (unpaired) electrons. The summed E-state index contributed by atoms with van der Waals surface area (Å²) in [7, 11) is 0. The van der Waals surface area contributed by atoms with E-state index in [0.29, 0.717) is 0 Å². The summed E-state index contributed by atoms with van der Waals surface area (Å²) in [5.41, 5.74) is 1.12. The van der Waals surface area contributed by atoms with Gasteiger partial charge in [-0.05, 0) is 12.1 Å². The Morgan fingerprint density at radius 1 is 1.38 bits per heavy atom. The van der Waals surface area contributed by atoms with Crippen LogP contribution < -0.4 is 5.32 Å². The molecule has 1 aromatic rings. The molecule has 2 heterocycles. The summed E-state index contributed by atoms with van der Waals surface area (Å²) in [5, 5.41) is 13.4. The second-order valence-electron chi connectivity index (χ2n) is 4.05. The Labute approximate surface area is 99.1 Å². The Balaban J connectivity index is 1.93. The fourth-order valence-corrected chi connectivity index (χ4v) is 3.13. The van der Waals surface area contributed by atoms with Gasteiger partial charge in [-0.15, -0.1) is 11.8 Å². The molecule has 0 bridgehead atoms. The van der Waals surface area contributed by atoms with E-state index in [2.05, 4.69) is 22.3 Å². The molecule has 1 aromatic carbocycles. The summed E-state index contributed by atoms with van der Waals surface area (Å²) in [5.74, 6) is 0.913. The van der Waals surface area contributed by atoms with Crippen LogP contribution >= 0.6 is 11.8 Å². The van der Waals surface area contributed by atoms with Crippen LogP contribution in [0.3, 0.4) is 0 Å². The van der Waals surface area contributed by atoms with Gasteiger partial charge in [0.25, 0.3) is 0 Å². The predicted octanol–water partition coefficient (Wildman–Crippen LogP) is 1.72. The van der Waals surface area contributed by atoms with E-state index in [0.717, 1.165) is 18.1 Å². The van der Waals surface area contributed by atoms with Gasteiger partial charge in [-0.3, -0.25) is 4.90 Å². The van der Waals surface area contributed by atoms with Crippen LogP contribution in [0.25, 0.3) is 0 Å². The molecule has 0 aromatic heterocycles. The summed E-state index contributed by atoms with van der Waals surface area (Å²) in [6, 6.07) is 8.25. The van der Waals surface area contributed by atoms with Gasteiger partial charge in [0.1, 0.15) is 12.3 Å². The standard InChI is InChI=1S/C12H14N2OS/c15-10-5-3-7-14-8-16-11-6-2-1-4-9(11)13-12(10)14/h1-6,10,12-13,15H,7-8H2/t10-,12?/m0/s1. The zero-order valence-corrected chi connectivity index (χ0v) is 9.65. The molecule has 4 heteroatoms. The number of aliphatic hydroxyl groups excluding tert-OH is 1. The second-order valence-corrected chi connectivity index (χ2v) is 5.04. The molecule has 2 N–H and O–H groups in total. The normalized spacial score (nSPS) is 28.8. The summed E-state index contributed by atoms with van der Waals surface area (Å²) in [4.78, 5) is 3.50. The SMILES string of the molecule is O[C@H]1C=CCN2CSc3ccccc3NC12. The summed E-state index contributed by atoms with van der Waals surface area (Å²) < 4.78 is 0. The van der Waals surface area contributed by atoms with E-state index in [1.54, 1.807) is 0 Å². The Kier molecular flexibility index (Phi) is 2.63. The first-order valence-electron chi connectivity index (χ1n) is 5.42. The van der Waals surface area contributed by atoms with Gasteiger partial charge in [0, 0.05) is 17.1 Å². The van der Waals surface area contributed by atoms with E-state index in [-0.39, 0.29) is 6.17 Å². The number of thioether (sulfide) groups is 1. The molecule has 0 fully saturated rings. The fourth-order valence-electron chi connectivity index (χ4n) is 2.10. The molecule has 0 saturated carbocycles. The zero-order valence-electron chi connectivity index (χ0n) is 8.84. The molecular weight excluding hydrogens is 220 g/mol. The lowest BCUT2D eigenvalue weighted by atomic mass is 10.1. The zero-order chi connectivity index (χ0) is 11.0. The largest absolute Gasteiger partial charge is 0.385 e. The Hall–Kier alpha value is -0.970.